The minimum Gasteiger partial charge on any atom is -0.345 e. The van der Waals surface area contributed by atoms with E-state index in [1.807, 2.05) is 31.4 Å². The number of urea groups is 1. The highest BCUT2D eigenvalue weighted by atomic mass is 19.4. The largest absolute Gasteiger partial charge is 0.405 e. The minimum atomic E-state index is -4.32. The average Bonchev–Trinajstić information content (AvgIpc) is 3.41. The molecule has 1 fully saturated rings. The molecule has 30 heavy (non-hydrogen) atoms. The third-order valence-corrected chi connectivity index (χ3v) is 4.16. The molecule has 2 aliphatic rings. The normalized spacial score (nSPS) is 15.3. The van der Waals surface area contributed by atoms with Gasteiger partial charge in [-0.05, 0) is 25.3 Å². The van der Waals surface area contributed by atoms with Crippen LogP contribution in [-0.4, -0.2) is 47.9 Å². The first-order valence-corrected chi connectivity index (χ1v) is 10.3. The van der Waals surface area contributed by atoms with Gasteiger partial charge in [-0.15, -0.1) is 0 Å². The Morgan fingerprint density at radius 3 is 2.60 bits per heavy atom. The summed E-state index contributed by atoms with van der Waals surface area (Å²) >= 11 is 0. The van der Waals surface area contributed by atoms with Gasteiger partial charge in [-0.1, -0.05) is 39.8 Å². The van der Waals surface area contributed by atoms with Crippen molar-refractivity contribution in [3.05, 3.63) is 36.8 Å². The number of aliphatic imine (C=N–C) groups is 1. The fourth-order valence-electron chi connectivity index (χ4n) is 2.74. The third-order valence-electron chi connectivity index (χ3n) is 4.16. The number of hydrogen-bond acceptors (Lipinski definition) is 3. The first-order chi connectivity index (χ1) is 14.3. The summed E-state index contributed by atoms with van der Waals surface area (Å²) in [6, 6.07) is 1.39. The van der Waals surface area contributed by atoms with Crippen LogP contribution in [0.5, 0.6) is 0 Å². The summed E-state index contributed by atoms with van der Waals surface area (Å²) in [5.74, 6) is 0.892. The maximum atomic E-state index is 11.7. The van der Waals surface area contributed by atoms with Crippen LogP contribution in [0.1, 0.15) is 46.5 Å². The number of aromatic amines is 1. The lowest BCUT2D eigenvalue weighted by Gasteiger charge is -2.22. The number of likely N-dealkylation sites (tertiary alicyclic amines) is 1. The Hall–Kier alpha value is -2.71. The van der Waals surface area contributed by atoms with Gasteiger partial charge in [-0.25, -0.2) is 9.79 Å². The third kappa shape index (κ3) is 8.34. The molecule has 0 bridgehead atoms. The number of fused-ring (bicyclic) bond motifs is 1. The Morgan fingerprint density at radius 1 is 1.33 bits per heavy atom. The first-order valence-electron chi connectivity index (χ1n) is 10.3. The van der Waals surface area contributed by atoms with E-state index in [9.17, 15) is 18.0 Å². The highest BCUT2D eigenvalue weighted by molar-refractivity contribution is 5.92. The number of aromatic nitrogens is 1. The lowest BCUT2D eigenvalue weighted by atomic mass is 10.3. The van der Waals surface area contributed by atoms with E-state index in [0.29, 0.717) is 13.1 Å². The van der Waals surface area contributed by atoms with Crippen LogP contribution in [0.25, 0.3) is 0 Å². The van der Waals surface area contributed by atoms with Crippen LogP contribution >= 0.6 is 0 Å². The summed E-state index contributed by atoms with van der Waals surface area (Å²) in [6.45, 7) is 10.0. The van der Waals surface area contributed by atoms with E-state index in [1.165, 1.54) is 4.90 Å². The van der Waals surface area contributed by atoms with E-state index in [4.69, 9.17) is 0 Å². The molecule has 0 radical (unpaired) electrons. The Morgan fingerprint density at radius 2 is 2.00 bits per heavy atom. The first kappa shape index (κ1) is 25.3. The number of alkyl halides is 3. The lowest BCUT2D eigenvalue weighted by molar-refractivity contribution is -0.123. The zero-order valence-electron chi connectivity index (χ0n) is 17.9. The predicted octanol–water partition coefficient (Wildman–Crippen LogP) is 5.74. The summed E-state index contributed by atoms with van der Waals surface area (Å²) in [4.78, 5) is 21.8. The second kappa shape index (κ2) is 12.8. The zero-order chi connectivity index (χ0) is 22.6. The van der Waals surface area contributed by atoms with E-state index in [2.05, 4.69) is 40.7 Å². The van der Waals surface area contributed by atoms with Crippen molar-refractivity contribution in [3.8, 4) is 0 Å². The van der Waals surface area contributed by atoms with Crippen LogP contribution in [-0.2, 0) is 0 Å². The van der Waals surface area contributed by atoms with Crippen molar-refractivity contribution in [2.45, 2.75) is 52.6 Å². The number of allylic oxidation sites excluding steroid dienone is 2. The number of hydrogen-bond donors (Lipinski definition) is 2. The maximum absolute atomic E-state index is 11.7. The number of carbonyl (C=O) groups is 1. The van der Waals surface area contributed by atoms with Crippen LogP contribution in [0, 0.1) is 0 Å². The molecule has 0 spiro atoms. The summed E-state index contributed by atoms with van der Waals surface area (Å²) in [6.07, 6.45) is 7.54. The van der Waals surface area contributed by atoms with Gasteiger partial charge in [-0.3, -0.25) is 0 Å². The molecule has 3 rings (SSSR count). The molecule has 2 amide bonds. The highest BCUT2D eigenvalue weighted by Crippen LogP contribution is 2.32. The Kier molecular flexibility index (Phi) is 10.8. The second-order valence-electron chi connectivity index (χ2n) is 6.47. The van der Waals surface area contributed by atoms with Crippen molar-refractivity contribution < 1.29 is 18.0 Å². The number of nitrogens with one attached hydrogen (secondary N) is 2. The number of H-pyrrole nitrogens is 1. The van der Waals surface area contributed by atoms with Crippen LogP contribution in [0.4, 0.5) is 29.5 Å². The van der Waals surface area contributed by atoms with Gasteiger partial charge < -0.3 is 20.1 Å². The fourth-order valence-corrected chi connectivity index (χ4v) is 2.74. The molecule has 2 aliphatic heterocycles. The number of anilines is 1. The van der Waals surface area contributed by atoms with Gasteiger partial charge in [0, 0.05) is 25.5 Å². The Balaban J connectivity index is 0.000000280. The monoisotopic (exact) mass is 427 g/mol. The zero-order valence-corrected chi connectivity index (χ0v) is 17.9. The minimum absolute atomic E-state index is 0.559. The Bertz CT molecular complexity index is 718. The predicted molar refractivity (Wildman–Crippen MR) is 116 cm³/mol. The quantitative estimate of drug-likeness (QED) is 0.643. The number of halogens is 3. The topological polar surface area (TPSA) is 63.7 Å². The second-order valence-corrected chi connectivity index (χ2v) is 6.47. The molecular weight excluding hydrogens is 395 g/mol. The molecule has 1 saturated heterocycles. The van der Waals surface area contributed by atoms with Crippen LogP contribution in [0.15, 0.2) is 41.8 Å². The molecular formula is C21H32F3N5O. The molecule has 0 saturated carbocycles. The van der Waals surface area contributed by atoms with Crippen molar-refractivity contribution in [1.29, 1.82) is 0 Å². The number of nitrogens with zero attached hydrogens (tertiary/aromatic N) is 3. The molecule has 0 atom stereocenters. The van der Waals surface area contributed by atoms with Gasteiger partial charge in [0.25, 0.3) is 0 Å². The molecule has 6 nitrogen and oxygen atoms in total. The molecule has 9 heteroatoms. The van der Waals surface area contributed by atoms with Gasteiger partial charge in [-0.2, -0.15) is 13.2 Å². The van der Waals surface area contributed by atoms with Crippen molar-refractivity contribution >= 4 is 23.8 Å². The van der Waals surface area contributed by atoms with Crippen molar-refractivity contribution in [2.24, 2.45) is 4.99 Å². The van der Waals surface area contributed by atoms with Crippen LogP contribution in [0.2, 0.25) is 0 Å². The van der Waals surface area contributed by atoms with Gasteiger partial charge in [0.05, 0.1) is 17.6 Å². The molecule has 168 valence electrons. The summed E-state index contributed by atoms with van der Waals surface area (Å²) in [5, 5.41) is 1.83. The van der Waals surface area contributed by atoms with Crippen LogP contribution in [0.3, 0.4) is 0 Å². The van der Waals surface area contributed by atoms with Gasteiger partial charge in [0.15, 0.2) is 5.82 Å². The summed E-state index contributed by atoms with van der Waals surface area (Å²) in [5.41, 5.74) is 1.96. The number of rotatable bonds is 4. The van der Waals surface area contributed by atoms with E-state index >= 15 is 0 Å². The van der Waals surface area contributed by atoms with Crippen molar-refractivity contribution in [1.82, 2.24) is 15.2 Å². The molecule has 2 N–H and O–H groups in total. The van der Waals surface area contributed by atoms with E-state index in [-0.39, 0.29) is 0 Å². The van der Waals surface area contributed by atoms with Crippen LogP contribution < -0.4 is 10.2 Å². The van der Waals surface area contributed by atoms with Crippen molar-refractivity contribution in [2.75, 3.05) is 24.5 Å². The smallest absolute Gasteiger partial charge is 0.345 e. The number of unbranched alkanes of at least 4 members (excludes halogenated alkanes) is 1. The lowest BCUT2D eigenvalue weighted by Crippen LogP contribution is -2.42. The van der Waals surface area contributed by atoms with E-state index < -0.39 is 18.8 Å². The number of carbonyl (C=O) groups excluding carboxylic acids is 1. The molecule has 0 aliphatic carbocycles. The molecule has 1 aromatic heterocycles. The molecule has 3 heterocycles. The van der Waals surface area contributed by atoms with Gasteiger partial charge in [0.1, 0.15) is 6.54 Å². The van der Waals surface area contributed by atoms with E-state index in [0.717, 1.165) is 42.9 Å². The highest BCUT2D eigenvalue weighted by Gasteiger charge is 2.29. The summed E-state index contributed by atoms with van der Waals surface area (Å²) in [7, 11) is 0. The SMILES string of the molecule is C=C1C=Nc2[nH]ccc2N1/C=C\CCC.CC.O=C(NCC(F)(F)F)N1CCCC1. The number of amides is 2. The molecule has 1 aromatic rings. The fraction of sp³-hybridized carbons (Fsp3) is 0.524. The van der Waals surface area contributed by atoms with E-state index in [1.54, 1.807) is 6.21 Å². The average molecular weight is 428 g/mol. The molecule has 0 unspecified atom stereocenters. The summed E-state index contributed by atoms with van der Waals surface area (Å²) < 4.78 is 35.0. The molecule has 0 aromatic carbocycles. The van der Waals surface area contributed by atoms with Crippen molar-refractivity contribution in [3.63, 3.8) is 0 Å². The maximum Gasteiger partial charge on any atom is 0.405 e. The Labute approximate surface area is 176 Å². The standard InChI is InChI=1S/C12H15N3.C7H11F3N2O.C2H6/c1-3-4-5-8-15-10(2)9-14-12-11(15)6-7-13-12;8-7(9,10)5-11-6(13)12-3-1-2-4-12;1-2/h5-9,13H,2-4H2,1H3;1-5H2,(H,11,13);1-2H3/b8-5-;;. The van der Waals surface area contributed by atoms with Gasteiger partial charge in [0.2, 0.25) is 0 Å². The van der Waals surface area contributed by atoms with Gasteiger partial charge >= 0.3 is 12.2 Å².